The zero-order chi connectivity index (χ0) is 17.8. The van der Waals surface area contributed by atoms with Crippen LogP contribution in [-0.2, 0) is 19.5 Å². The highest BCUT2D eigenvalue weighted by molar-refractivity contribution is 5.37. The number of aromatic nitrogens is 1. The first-order valence-electron chi connectivity index (χ1n) is 8.63. The van der Waals surface area contributed by atoms with Gasteiger partial charge in [0.05, 0.1) is 24.4 Å². The molecule has 0 radical (unpaired) electrons. The van der Waals surface area contributed by atoms with Crippen molar-refractivity contribution in [1.29, 1.82) is 5.26 Å². The molecule has 25 heavy (non-hydrogen) atoms. The Kier molecular flexibility index (Phi) is 5.47. The Morgan fingerprint density at radius 1 is 1.48 bits per heavy atom. The summed E-state index contributed by atoms with van der Waals surface area (Å²) >= 11 is 0. The lowest BCUT2D eigenvalue weighted by atomic mass is 10.1. The van der Waals surface area contributed by atoms with Crippen LogP contribution in [-0.4, -0.2) is 41.0 Å². The fourth-order valence-electron chi connectivity index (χ4n) is 3.27. The number of likely N-dealkylation sites (tertiary alicyclic amines) is 1. The molecule has 1 aromatic heterocycles. The number of halogens is 1. The van der Waals surface area contributed by atoms with E-state index >= 15 is 0 Å². The van der Waals surface area contributed by atoms with E-state index in [1.54, 1.807) is 12.3 Å². The van der Waals surface area contributed by atoms with Crippen LogP contribution < -0.4 is 0 Å². The molecule has 0 bridgehead atoms. The molecule has 1 atom stereocenters. The van der Waals surface area contributed by atoms with Gasteiger partial charge in [-0.1, -0.05) is 13.0 Å². The van der Waals surface area contributed by atoms with Crippen LogP contribution in [0, 0.1) is 17.1 Å². The zero-order valence-electron chi connectivity index (χ0n) is 14.7. The van der Waals surface area contributed by atoms with E-state index in [-0.39, 0.29) is 5.82 Å². The normalized spacial score (nSPS) is 18.0. The molecule has 0 spiro atoms. The second-order valence-electron chi connectivity index (χ2n) is 6.58. The number of oxazole rings is 1. The number of likely N-dealkylation sites (N-methyl/N-ethyl adjacent to an activating group) is 1. The highest BCUT2D eigenvalue weighted by Crippen LogP contribution is 2.21. The number of hydrogen-bond acceptors (Lipinski definition) is 5. The third-order valence-corrected chi connectivity index (χ3v) is 4.79. The molecule has 1 aliphatic heterocycles. The first-order valence-corrected chi connectivity index (χ1v) is 8.63. The first kappa shape index (κ1) is 17.6. The van der Waals surface area contributed by atoms with E-state index in [4.69, 9.17) is 4.42 Å². The summed E-state index contributed by atoms with van der Waals surface area (Å²) in [6.45, 7) is 5.29. The SMILES string of the molecule is CCc1cnc(CN(C)[C@H]2CCN(Cc3ccc(F)cc3C#N)C2)o1. The van der Waals surface area contributed by atoms with Gasteiger partial charge in [0.2, 0.25) is 5.89 Å². The molecule has 0 N–H and O–H groups in total. The summed E-state index contributed by atoms with van der Waals surface area (Å²) in [5, 5.41) is 9.18. The molecule has 6 heteroatoms. The monoisotopic (exact) mass is 342 g/mol. The van der Waals surface area contributed by atoms with Gasteiger partial charge >= 0.3 is 0 Å². The Morgan fingerprint density at radius 3 is 3.04 bits per heavy atom. The molecule has 132 valence electrons. The third kappa shape index (κ3) is 4.25. The van der Waals surface area contributed by atoms with Crippen molar-refractivity contribution in [3.63, 3.8) is 0 Å². The minimum Gasteiger partial charge on any atom is -0.444 e. The molecule has 0 unspecified atom stereocenters. The predicted molar refractivity (Wildman–Crippen MR) is 92.1 cm³/mol. The molecule has 0 saturated carbocycles. The van der Waals surface area contributed by atoms with Crippen LogP contribution in [0.25, 0.3) is 0 Å². The number of rotatable bonds is 6. The average Bonchev–Trinajstić information content (AvgIpc) is 3.25. The fourth-order valence-corrected chi connectivity index (χ4v) is 3.27. The minimum absolute atomic E-state index is 0.364. The molecule has 2 heterocycles. The van der Waals surface area contributed by atoms with Gasteiger partial charge in [-0.05, 0) is 31.2 Å². The molecular formula is C19H23FN4O. The first-order chi connectivity index (χ1) is 12.1. The van der Waals surface area contributed by atoms with Crippen LogP contribution in [0.5, 0.6) is 0 Å². The molecule has 0 amide bonds. The fraction of sp³-hybridized carbons (Fsp3) is 0.474. The van der Waals surface area contributed by atoms with Crippen LogP contribution in [0.3, 0.4) is 0 Å². The molecule has 1 aromatic carbocycles. The third-order valence-electron chi connectivity index (χ3n) is 4.79. The molecule has 2 aromatic rings. The molecular weight excluding hydrogens is 319 g/mol. The van der Waals surface area contributed by atoms with Crippen LogP contribution >= 0.6 is 0 Å². The maximum Gasteiger partial charge on any atom is 0.208 e. The number of benzene rings is 1. The lowest BCUT2D eigenvalue weighted by Crippen LogP contribution is -2.34. The Hall–Kier alpha value is -2.23. The zero-order valence-corrected chi connectivity index (χ0v) is 14.7. The lowest BCUT2D eigenvalue weighted by Gasteiger charge is -2.23. The van der Waals surface area contributed by atoms with Crippen molar-refractivity contribution in [2.45, 2.75) is 38.9 Å². The Morgan fingerprint density at radius 2 is 2.32 bits per heavy atom. The molecule has 3 rings (SSSR count). The van der Waals surface area contributed by atoms with Crippen LogP contribution in [0.15, 0.2) is 28.8 Å². The van der Waals surface area contributed by atoms with E-state index in [0.717, 1.165) is 43.1 Å². The second kappa shape index (κ2) is 7.77. The van der Waals surface area contributed by atoms with E-state index in [0.29, 0.717) is 24.7 Å². The highest BCUT2D eigenvalue weighted by atomic mass is 19.1. The molecule has 1 saturated heterocycles. The summed E-state index contributed by atoms with van der Waals surface area (Å²) in [5.74, 6) is 1.30. The molecule has 5 nitrogen and oxygen atoms in total. The minimum atomic E-state index is -0.364. The van der Waals surface area contributed by atoms with E-state index in [9.17, 15) is 9.65 Å². The molecule has 0 aliphatic carbocycles. The number of nitriles is 1. The predicted octanol–water partition coefficient (Wildman–Crippen LogP) is 2.95. The topological polar surface area (TPSA) is 56.3 Å². The van der Waals surface area contributed by atoms with Crippen LogP contribution in [0.2, 0.25) is 0 Å². The van der Waals surface area contributed by atoms with Gasteiger partial charge in [-0.25, -0.2) is 9.37 Å². The van der Waals surface area contributed by atoms with E-state index in [2.05, 4.69) is 27.9 Å². The summed E-state index contributed by atoms with van der Waals surface area (Å²) in [6, 6.07) is 6.95. The van der Waals surface area contributed by atoms with E-state index in [1.165, 1.54) is 12.1 Å². The maximum atomic E-state index is 13.3. The summed E-state index contributed by atoms with van der Waals surface area (Å²) in [7, 11) is 2.09. The van der Waals surface area contributed by atoms with E-state index < -0.39 is 0 Å². The van der Waals surface area contributed by atoms with Gasteiger partial charge in [0.15, 0.2) is 0 Å². The Labute approximate surface area is 147 Å². The number of aryl methyl sites for hydroxylation is 1. The van der Waals surface area contributed by atoms with Gasteiger partial charge < -0.3 is 4.42 Å². The van der Waals surface area contributed by atoms with Crippen molar-refractivity contribution in [1.82, 2.24) is 14.8 Å². The largest absolute Gasteiger partial charge is 0.444 e. The summed E-state index contributed by atoms with van der Waals surface area (Å²) in [6.07, 6.45) is 3.70. The second-order valence-corrected chi connectivity index (χ2v) is 6.58. The van der Waals surface area contributed by atoms with Crippen molar-refractivity contribution in [2.75, 3.05) is 20.1 Å². The van der Waals surface area contributed by atoms with Gasteiger partial charge in [-0.2, -0.15) is 5.26 Å². The lowest BCUT2D eigenvalue weighted by molar-refractivity contribution is 0.204. The van der Waals surface area contributed by atoms with Crippen molar-refractivity contribution in [2.24, 2.45) is 0 Å². The molecule has 1 fully saturated rings. The van der Waals surface area contributed by atoms with Gasteiger partial charge in [0, 0.05) is 32.1 Å². The van der Waals surface area contributed by atoms with Crippen LogP contribution in [0.4, 0.5) is 4.39 Å². The number of nitrogens with zero attached hydrogens (tertiary/aromatic N) is 4. The summed E-state index contributed by atoms with van der Waals surface area (Å²) < 4.78 is 19.0. The smallest absolute Gasteiger partial charge is 0.208 e. The quantitative estimate of drug-likeness (QED) is 0.808. The summed E-state index contributed by atoms with van der Waals surface area (Å²) in [4.78, 5) is 8.90. The molecule has 1 aliphatic rings. The maximum absolute atomic E-state index is 13.3. The van der Waals surface area contributed by atoms with Gasteiger partial charge in [0.1, 0.15) is 11.6 Å². The Bertz CT molecular complexity index is 767. The van der Waals surface area contributed by atoms with Crippen LogP contribution in [0.1, 0.15) is 36.1 Å². The highest BCUT2D eigenvalue weighted by Gasteiger charge is 2.27. The Balaban J connectivity index is 1.57. The van der Waals surface area contributed by atoms with E-state index in [1.807, 2.05) is 6.92 Å². The van der Waals surface area contributed by atoms with Crippen molar-refractivity contribution >= 4 is 0 Å². The van der Waals surface area contributed by atoms with Gasteiger partial charge in [-0.15, -0.1) is 0 Å². The standard InChI is InChI=1S/C19H23FN4O/c1-3-18-10-22-19(25-18)13-23(2)17-6-7-24(12-17)11-14-4-5-16(20)8-15(14)9-21/h4-5,8,10,17H,3,6-7,11-13H2,1-2H3/t17-/m0/s1. The van der Waals surface area contributed by atoms with Crippen molar-refractivity contribution < 1.29 is 8.81 Å². The average molecular weight is 342 g/mol. The summed E-state index contributed by atoms with van der Waals surface area (Å²) in [5.41, 5.74) is 1.30. The van der Waals surface area contributed by atoms with Crippen molar-refractivity contribution in [3.8, 4) is 6.07 Å². The number of hydrogen-bond donors (Lipinski definition) is 0. The van der Waals surface area contributed by atoms with Gasteiger partial charge in [0.25, 0.3) is 0 Å². The van der Waals surface area contributed by atoms with Gasteiger partial charge in [-0.3, -0.25) is 9.80 Å². The van der Waals surface area contributed by atoms with Crippen molar-refractivity contribution in [3.05, 3.63) is 53.0 Å².